The smallest absolute Gasteiger partial charge is 0.308 e. The highest BCUT2D eigenvalue weighted by Gasteiger charge is 2.25. The lowest BCUT2D eigenvalue weighted by molar-refractivity contribution is -0.146. The van der Waals surface area contributed by atoms with Crippen LogP contribution in [-0.2, 0) is 9.53 Å². The molecule has 0 spiro atoms. The van der Waals surface area contributed by atoms with Gasteiger partial charge in [0, 0.05) is 0 Å². The Kier molecular flexibility index (Phi) is 4.22. The Hall–Kier alpha value is -0.570. The zero-order chi connectivity index (χ0) is 9.68. The Morgan fingerprint density at radius 2 is 2.15 bits per heavy atom. The number of hydrogen-bond donors (Lipinski definition) is 1. The largest absolute Gasteiger partial charge is 0.469 e. The summed E-state index contributed by atoms with van der Waals surface area (Å²) in [7, 11) is 1.46. The first-order valence-electron chi connectivity index (χ1n) is 5.05. The van der Waals surface area contributed by atoms with Gasteiger partial charge in [-0.1, -0.05) is 12.8 Å². The number of carbonyl (C=O) groups is 1. The predicted octanol–water partition coefficient (Wildman–Crippen LogP) is 1.31. The molecule has 1 aliphatic rings. The van der Waals surface area contributed by atoms with Crippen LogP contribution in [0.2, 0.25) is 0 Å². The van der Waals surface area contributed by atoms with Crippen LogP contribution in [0.25, 0.3) is 0 Å². The van der Waals surface area contributed by atoms with E-state index in [4.69, 9.17) is 10.5 Å². The molecule has 2 N–H and O–H groups in total. The summed E-state index contributed by atoms with van der Waals surface area (Å²) in [4.78, 5) is 11.3. The van der Waals surface area contributed by atoms with E-state index in [9.17, 15) is 4.79 Å². The molecule has 1 saturated carbocycles. The van der Waals surface area contributed by atoms with Crippen molar-refractivity contribution < 1.29 is 9.53 Å². The van der Waals surface area contributed by atoms with Crippen LogP contribution in [0, 0.1) is 11.8 Å². The van der Waals surface area contributed by atoms with Crippen LogP contribution in [0.3, 0.4) is 0 Å². The molecule has 13 heavy (non-hydrogen) atoms. The third kappa shape index (κ3) is 2.99. The van der Waals surface area contributed by atoms with Crippen LogP contribution in [0.5, 0.6) is 0 Å². The summed E-state index contributed by atoms with van der Waals surface area (Å²) in [5, 5.41) is 0. The van der Waals surface area contributed by atoms with Crippen LogP contribution >= 0.6 is 0 Å². The van der Waals surface area contributed by atoms with Gasteiger partial charge in [-0.05, 0) is 31.7 Å². The predicted molar refractivity (Wildman–Crippen MR) is 51.1 cm³/mol. The number of esters is 1. The van der Waals surface area contributed by atoms with Crippen molar-refractivity contribution in [1.82, 2.24) is 0 Å². The van der Waals surface area contributed by atoms with Gasteiger partial charge in [-0.25, -0.2) is 0 Å². The van der Waals surface area contributed by atoms with Crippen LogP contribution in [0.15, 0.2) is 0 Å². The van der Waals surface area contributed by atoms with Crippen molar-refractivity contribution in [3.05, 3.63) is 0 Å². The van der Waals surface area contributed by atoms with Gasteiger partial charge < -0.3 is 10.5 Å². The molecule has 0 radical (unpaired) electrons. The van der Waals surface area contributed by atoms with Gasteiger partial charge >= 0.3 is 5.97 Å². The highest BCUT2D eigenvalue weighted by atomic mass is 16.5. The minimum atomic E-state index is -0.0552. The molecule has 0 aromatic carbocycles. The first-order valence-corrected chi connectivity index (χ1v) is 5.05. The fraction of sp³-hybridized carbons (Fsp3) is 0.900. The lowest BCUT2D eigenvalue weighted by atomic mass is 9.93. The molecule has 1 fully saturated rings. The average Bonchev–Trinajstić information content (AvgIpc) is 2.41. The molecule has 3 nitrogen and oxygen atoms in total. The van der Waals surface area contributed by atoms with E-state index < -0.39 is 0 Å². The van der Waals surface area contributed by atoms with Gasteiger partial charge in [0.25, 0.3) is 0 Å². The fourth-order valence-electron chi connectivity index (χ4n) is 2.06. The molecule has 0 bridgehead atoms. The molecule has 76 valence electrons. The van der Waals surface area contributed by atoms with Gasteiger partial charge in [0.15, 0.2) is 0 Å². The highest BCUT2D eigenvalue weighted by molar-refractivity contribution is 5.72. The SMILES string of the molecule is COC(=O)C1CCCCC(CN)C1. The van der Waals surface area contributed by atoms with E-state index in [0.717, 1.165) is 19.3 Å². The third-order valence-electron chi connectivity index (χ3n) is 2.90. The van der Waals surface area contributed by atoms with Crippen molar-refractivity contribution in [3.63, 3.8) is 0 Å². The van der Waals surface area contributed by atoms with E-state index in [1.165, 1.54) is 20.0 Å². The molecule has 1 aliphatic carbocycles. The Morgan fingerprint density at radius 1 is 1.46 bits per heavy atom. The van der Waals surface area contributed by atoms with Gasteiger partial charge in [0.2, 0.25) is 0 Å². The summed E-state index contributed by atoms with van der Waals surface area (Å²) in [6.45, 7) is 0.702. The summed E-state index contributed by atoms with van der Waals surface area (Å²) in [5.74, 6) is 0.563. The van der Waals surface area contributed by atoms with Crippen LogP contribution in [0.1, 0.15) is 32.1 Å². The van der Waals surface area contributed by atoms with E-state index in [1.807, 2.05) is 0 Å². The minimum absolute atomic E-state index is 0.0552. The highest BCUT2D eigenvalue weighted by Crippen LogP contribution is 2.27. The standard InChI is InChI=1S/C10H19NO2/c1-13-10(12)9-5-3-2-4-8(6-9)7-11/h8-9H,2-7,11H2,1H3. The Labute approximate surface area is 79.6 Å². The maximum absolute atomic E-state index is 11.3. The normalized spacial score (nSPS) is 29.4. The van der Waals surface area contributed by atoms with E-state index in [0.29, 0.717) is 12.5 Å². The van der Waals surface area contributed by atoms with Crippen molar-refractivity contribution in [3.8, 4) is 0 Å². The lowest BCUT2D eigenvalue weighted by Crippen LogP contribution is -2.22. The molecule has 2 unspecified atom stereocenters. The third-order valence-corrected chi connectivity index (χ3v) is 2.90. The Bertz CT molecular complexity index is 170. The number of methoxy groups -OCH3 is 1. The van der Waals surface area contributed by atoms with Crippen molar-refractivity contribution in [2.45, 2.75) is 32.1 Å². The molecule has 0 aromatic heterocycles. The van der Waals surface area contributed by atoms with Crippen LogP contribution in [-0.4, -0.2) is 19.6 Å². The van der Waals surface area contributed by atoms with Crippen molar-refractivity contribution >= 4 is 5.97 Å². The second kappa shape index (κ2) is 5.22. The molecule has 0 aromatic rings. The molecule has 0 aliphatic heterocycles. The molecule has 0 heterocycles. The Balaban J connectivity index is 2.48. The van der Waals surface area contributed by atoms with Gasteiger partial charge in [-0.15, -0.1) is 0 Å². The fourth-order valence-corrected chi connectivity index (χ4v) is 2.06. The molecule has 0 saturated heterocycles. The van der Waals surface area contributed by atoms with Crippen molar-refractivity contribution in [1.29, 1.82) is 0 Å². The molecule has 3 heteroatoms. The Morgan fingerprint density at radius 3 is 2.77 bits per heavy atom. The summed E-state index contributed by atoms with van der Waals surface area (Å²) in [6, 6.07) is 0. The number of hydrogen-bond acceptors (Lipinski definition) is 3. The first-order chi connectivity index (χ1) is 6.27. The van der Waals surface area contributed by atoms with E-state index >= 15 is 0 Å². The number of rotatable bonds is 2. The topological polar surface area (TPSA) is 52.3 Å². The van der Waals surface area contributed by atoms with E-state index in [2.05, 4.69) is 0 Å². The summed E-state index contributed by atoms with van der Waals surface area (Å²) < 4.78 is 4.76. The van der Waals surface area contributed by atoms with E-state index in [-0.39, 0.29) is 11.9 Å². The summed E-state index contributed by atoms with van der Waals surface area (Å²) in [5.41, 5.74) is 5.62. The molecule has 1 rings (SSSR count). The van der Waals surface area contributed by atoms with Gasteiger partial charge in [0.1, 0.15) is 0 Å². The minimum Gasteiger partial charge on any atom is -0.469 e. The molecular weight excluding hydrogens is 166 g/mol. The van der Waals surface area contributed by atoms with Crippen LogP contribution < -0.4 is 5.73 Å². The van der Waals surface area contributed by atoms with E-state index in [1.54, 1.807) is 0 Å². The number of carbonyl (C=O) groups excluding carboxylic acids is 1. The average molecular weight is 185 g/mol. The maximum atomic E-state index is 11.3. The van der Waals surface area contributed by atoms with Gasteiger partial charge in [-0.3, -0.25) is 4.79 Å². The summed E-state index contributed by atoms with van der Waals surface area (Å²) >= 11 is 0. The molecule has 2 atom stereocenters. The maximum Gasteiger partial charge on any atom is 0.308 e. The molecular formula is C10H19NO2. The van der Waals surface area contributed by atoms with Crippen molar-refractivity contribution in [2.75, 3.05) is 13.7 Å². The first kappa shape index (κ1) is 10.5. The monoisotopic (exact) mass is 185 g/mol. The van der Waals surface area contributed by atoms with Gasteiger partial charge in [0.05, 0.1) is 13.0 Å². The second-order valence-corrected chi connectivity index (χ2v) is 3.84. The second-order valence-electron chi connectivity index (χ2n) is 3.84. The number of nitrogens with two attached hydrogens (primary N) is 1. The zero-order valence-electron chi connectivity index (χ0n) is 8.29. The zero-order valence-corrected chi connectivity index (χ0v) is 8.29. The quantitative estimate of drug-likeness (QED) is 0.521. The van der Waals surface area contributed by atoms with Gasteiger partial charge in [-0.2, -0.15) is 0 Å². The van der Waals surface area contributed by atoms with Crippen LogP contribution in [0.4, 0.5) is 0 Å². The summed E-state index contributed by atoms with van der Waals surface area (Å²) in [6.07, 6.45) is 5.40. The van der Waals surface area contributed by atoms with Crippen molar-refractivity contribution in [2.24, 2.45) is 17.6 Å². The lowest BCUT2D eigenvalue weighted by Gasteiger charge is -2.16. The number of ether oxygens (including phenoxy) is 1. The molecule has 0 amide bonds.